The Labute approximate surface area is 178 Å². The predicted molar refractivity (Wildman–Crippen MR) is 115 cm³/mol. The summed E-state index contributed by atoms with van der Waals surface area (Å²) in [4.78, 5) is 20.7. The fourth-order valence-corrected chi connectivity index (χ4v) is 4.86. The summed E-state index contributed by atoms with van der Waals surface area (Å²) in [7, 11) is 0. The van der Waals surface area contributed by atoms with Crippen LogP contribution in [0.1, 0.15) is 80.5 Å². The van der Waals surface area contributed by atoms with Crippen molar-refractivity contribution in [3.63, 3.8) is 0 Å². The highest BCUT2D eigenvalue weighted by molar-refractivity contribution is 6.06. The molecule has 2 aromatic rings. The first-order valence-electron chi connectivity index (χ1n) is 10.7. The Balaban J connectivity index is 0.00000205. The number of rotatable bonds is 3. The van der Waals surface area contributed by atoms with Gasteiger partial charge in [-0.1, -0.05) is 25.9 Å². The van der Waals surface area contributed by atoms with E-state index < -0.39 is 0 Å². The number of pyridine rings is 1. The molecule has 1 amide bonds. The van der Waals surface area contributed by atoms with E-state index in [9.17, 15) is 4.79 Å². The van der Waals surface area contributed by atoms with Crippen LogP contribution in [0.5, 0.6) is 0 Å². The summed E-state index contributed by atoms with van der Waals surface area (Å²) in [6.45, 7) is 8.43. The Bertz CT molecular complexity index is 901. The highest BCUT2D eigenvalue weighted by Crippen LogP contribution is 2.41. The molecular formula is C22H31ClN4O2. The van der Waals surface area contributed by atoms with E-state index in [2.05, 4.69) is 36.1 Å². The fraction of sp³-hybridized carbons (Fsp3) is 0.682. The third-order valence-corrected chi connectivity index (χ3v) is 6.35. The second-order valence-corrected chi connectivity index (χ2v) is 10.0. The number of aromatic nitrogens is 2. The molecule has 0 spiro atoms. The van der Waals surface area contributed by atoms with Gasteiger partial charge in [0.15, 0.2) is 0 Å². The summed E-state index contributed by atoms with van der Waals surface area (Å²) < 4.78 is 5.64. The molecule has 2 aromatic heterocycles. The first kappa shape index (κ1) is 20.6. The van der Waals surface area contributed by atoms with Crippen LogP contribution in [0, 0.1) is 5.41 Å². The Morgan fingerprint density at radius 2 is 1.97 bits per heavy atom. The van der Waals surface area contributed by atoms with Gasteiger partial charge in [-0.25, -0.2) is 4.98 Å². The van der Waals surface area contributed by atoms with Crippen LogP contribution in [0.3, 0.4) is 0 Å². The molecule has 29 heavy (non-hydrogen) atoms. The van der Waals surface area contributed by atoms with E-state index in [-0.39, 0.29) is 23.7 Å². The normalized spacial score (nSPS) is 24.4. The number of amides is 1. The molecule has 5 rings (SSSR count). The maximum Gasteiger partial charge on any atom is 0.259 e. The molecule has 1 saturated carbocycles. The van der Waals surface area contributed by atoms with Crippen molar-refractivity contribution >= 4 is 29.4 Å². The summed E-state index contributed by atoms with van der Waals surface area (Å²) in [6.07, 6.45) is 6.29. The zero-order chi connectivity index (χ0) is 19.5. The molecule has 2 aliphatic heterocycles. The number of hydrogen-bond acceptors (Lipinski definition) is 5. The van der Waals surface area contributed by atoms with Crippen LogP contribution < -0.4 is 5.32 Å². The summed E-state index contributed by atoms with van der Waals surface area (Å²) in [5.74, 6) is 0.610. The molecule has 1 aliphatic carbocycles. The van der Waals surface area contributed by atoms with Gasteiger partial charge in [0.25, 0.3) is 11.6 Å². The van der Waals surface area contributed by atoms with Gasteiger partial charge in [0.05, 0.1) is 16.6 Å². The number of fused-ring (bicyclic) bond motifs is 3. The molecule has 2 bridgehead atoms. The molecule has 3 fully saturated rings. The maximum absolute atomic E-state index is 13.8. The highest BCUT2D eigenvalue weighted by Gasteiger charge is 2.40. The van der Waals surface area contributed by atoms with E-state index in [0.29, 0.717) is 23.7 Å². The largest absolute Gasteiger partial charge is 0.336 e. The van der Waals surface area contributed by atoms with Crippen molar-refractivity contribution in [1.29, 1.82) is 0 Å². The van der Waals surface area contributed by atoms with Gasteiger partial charge < -0.3 is 14.7 Å². The number of nitrogens with one attached hydrogen (secondary N) is 1. The van der Waals surface area contributed by atoms with Crippen molar-refractivity contribution < 1.29 is 9.32 Å². The van der Waals surface area contributed by atoms with Gasteiger partial charge in [0.2, 0.25) is 0 Å². The van der Waals surface area contributed by atoms with Gasteiger partial charge >= 0.3 is 0 Å². The predicted octanol–water partition coefficient (Wildman–Crippen LogP) is 4.08. The Kier molecular flexibility index (Phi) is 5.36. The summed E-state index contributed by atoms with van der Waals surface area (Å²) in [6, 6.07) is 2.67. The van der Waals surface area contributed by atoms with E-state index in [1.807, 2.05) is 6.07 Å². The second-order valence-electron chi connectivity index (χ2n) is 10.0. The molecule has 3 aliphatic rings. The summed E-state index contributed by atoms with van der Waals surface area (Å²) >= 11 is 0. The monoisotopic (exact) mass is 418 g/mol. The molecule has 2 atom stereocenters. The lowest BCUT2D eigenvalue weighted by atomic mass is 9.89. The molecule has 158 valence electrons. The van der Waals surface area contributed by atoms with Gasteiger partial charge in [-0.05, 0) is 56.6 Å². The number of nitrogens with zero attached hydrogens (tertiary/aromatic N) is 3. The van der Waals surface area contributed by atoms with Crippen LogP contribution >= 0.6 is 12.4 Å². The van der Waals surface area contributed by atoms with Gasteiger partial charge in [-0.2, -0.15) is 0 Å². The van der Waals surface area contributed by atoms with Crippen molar-refractivity contribution in [2.75, 3.05) is 13.1 Å². The molecule has 1 N–H and O–H groups in total. The molecule has 6 nitrogen and oxygen atoms in total. The van der Waals surface area contributed by atoms with Crippen LogP contribution in [0.25, 0.3) is 11.1 Å². The minimum atomic E-state index is 0. The topological polar surface area (TPSA) is 71.3 Å². The van der Waals surface area contributed by atoms with E-state index in [4.69, 9.17) is 9.51 Å². The van der Waals surface area contributed by atoms with Crippen molar-refractivity contribution in [1.82, 2.24) is 20.4 Å². The molecule has 2 unspecified atom stereocenters. The van der Waals surface area contributed by atoms with Crippen LogP contribution in [0.4, 0.5) is 0 Å². The zero-order valence-electron chi connectivity index (χ0n) is 17.5. The Hall–Kier alpha value is -1.66. The molecular weight excluding hydrogens is 388 g/mol. The lowest BCUT2D eigenvalue weighted by Crippen LogP contribution is -2.42. The molecule has 7 heteroatoms. The maximum atomic E-state index is 13.8. The Morgan fingerprint density at radius 1 is 1.21 bits per heavy atom. The van der Waals surface area contributed by atoms with E-state index in [1.54, 1.807) is 0 Å². The fourth-order valence-electron chi connectivity index (χ4n) is 4.86. The summed E-state index contributed by atoms with van der Waals surface area (Å²) in [5, 5.41) is 8.67. The molecule has 0 aromatic carbocycles. The van der Waals surface area contributed by atoms with Crippen molar-refractivity contribution in [3.05, 3.63) is 23.0 Å². The highest BCUT2D eigenvalue weighted by atomic mass is 35.5. The average Bonchev–Trinajstić information content (AvgIpc) is 3.33. The molecule has 0 radical (unpaired) electrons. The van der Waals surface area contributed by atoms with E-state index >= 15 is 0 Å². The van der Waals surface area contributed by atoms with Crippen molar-refractivity contribution in [2.45, 2.75) is 77.3 Å². The van der Waals surface area contributed by atoms with E-state index in [1.165, 1.54) is 0 Å². The first-order chi connectivity index (χ1) is 13.4. The van der Waals surface area contributed by atoms with Crippen molar-refractivity contribution in [3.8, 4) is 0 Å². The van der Waals surface area contributed by atoms with E-state index in [0.717, 1.165) is 74.0 Å². The van der Waals surface area contributed by atoms with Crippen LogP contribution in [0.15, 0.2) is 10.6 Å². The molecule has 4 heterocycles. The van der Waals surface area contributed by atoms with Gasteiger partial charge in [0.1, 0.15) is 0 Å². The number of halogens is 1. The summed E-state index contributed by atoms with van der Waals surface area (Å²) in [5.41, 5.74) is 3.21. The average molecular weight is 419 g/mol. The van der Waals surface area contributed by atoms with Gasteiger partial charge in [-0.3, -0.25) is 4.79 Å². The van der Waals surface area contributed by atoms with Crippen LogP contribution in [0.2, 0.25) is 0 Å². The zero-order valence-corrected chi connectivity index (χ0v) is 18.3. The SMILES string of the molecule is CC(C)(C)Cc1noc2nc(C3CC3)cc(C(=O)N3C4CCNCC3CC4)c12.Cl. The first-order valence-corrected chi connectivity index (χ1v) is 10.7. The Morgan fingerprint density at radius 3 is 2.69 bits per heavy atom. The standard InChI is InChI=1S/C22H30N4O2.ClH/c1-22(2,3)11-18-19-16(10-17(13-4-5-13)24-20(19)28-25-18)21(27)26-14-6-7-15(26)12-23-9-8-14;/h10,13-15,23H,4-9,11-12H2,1-3H3;1H. The number of carbonyl (C=O) groups excluding carboxylic acids is 1. The minimum absolute atomic E-state index is 0. The van der Waals surface area contributed by atoms with Crippen LogP contribution in [-0.2, 0) is 6.42 Å². The third-order valence-electron chi connectivity index (χ3n) is 6.35. The smallest absolute Gasteiger partial charge is 0.259 e. The minimum Gasteiger partial charge on any atom is -0.336 e. The molecule has 2 saturated heterocycles. The van der Waals surface area contributed by atoms with Crippen LogP contribution in [-0.4, -0.2) is 46.1 Å². The quantitative estimate of drug-likeness (QED) is 0.813. The lowest BCUT2D eigenvalue weighted by Gasteiger charge is -2.28. The van der Waals surface area contributed by atoms with Gasteiger partial charge in [-0.15, -0.1) is 12.4 Å². The van der Waals surface area contributed by atoms with Gasteiger partial charge in [0, 0.05) is 30.2 Å². The lowest BCUT2D eigenvalue weighted by molar-refractivity contribution is 0.0682. The number of hydrogen-bond donors (Lipinski definition) is 1. The second kappa shape index (κ2) is 7.55. The van der Waals surface area contributed by atoms with Crippen molar-refractivity contribution in [2.24, 2.45) is 5.41 Å². The number of carbonyl (C=O) groups is 1. The third kappa shape index (κ3) is 3.89.